The molecule has 2 aliphatic rings. The molecule has 0 aliphatic carbocycles. The Morgan fingerprint density at radius 3 is 2.62 bits per heavy atom. The quantitative estimate of drug-likeness (QED) is 0.902. The number of ether oxygens (including phenoxy) is 1. The molecule has 1 N–H and O–H groups in total. The van der Waals surface area contributed by atoms with Crippen LogP contribution in [0.5, 0.6) is 0 Å². The van der Waals surface area contributed by atoms with Crippen LogP contribution >= 0.6 is 0 Å². The fourth-order valence-corrected chi connectivity index (χ4v) is 4.93. The Morgan fingerprint density at radius 1 is 1.19 bits per heavy atom. The van der Waals surface area contributed by atoms with E-state index in [1.54, 1.807) is 16.4 Å². The standard InChI is InChI=1S/C15H21NO4S/c1-11-4-6-12(7-5-11)21(18,19)16-10-2-3-14-13(16)8-9-15(17)20-14/h4-7,13-15,17H,2-3,8-10H2,1H3/t13-,14+,15?/m0/s1. The highest BCUT2D eigenvalue weighted by Gasteiger charge is 2.42. The topological polar surface area (TPSA) is 66.8 Å². The third-order valence-electron chi connectivity index (χ3n) is 4.34. The predicted octanol–water partition coefficient (Wildman–Crippen LogP) is 1.65. The molecule has 2 heterocycles. The van der Waals surface area contributed by atoms with Gasteiger partial charge in [-0.3, -0.25) is 0 Å². The first-order valence-electron chi connectivity index (χ1n) is 7.40. The van der Waals surface area contributed by atoms with Gasteiger partial charge in [0.05, 0.1) is 17.0 Å². The summed E-state index contributed by atoms with van der Waals surface area (Å²) in [6, 6.07) is 6.79. The zero-order valence-corrected chi connectivity index (χ0v) is 12.9. The van der Waals surface area contributed by atoms with Gasteiger partial charge in [0.1, 0.15) is 0 Å². The Labute approximate surface area is 125 Å². The second-order valence-electron chi connectivity index (χ2n) is 5.84. The molecule has 0 amide bonds. The van der Waals surface area contributed by atoms with E-state index in [-0.39, 0.29) is 12.1 Å². The molecule has 0 spiro atoms. The highest BCUT2D eigenvalue weighted by molar-refractivity contribution is 7.89. The van der Waals surface area contributed by atoms with Gasteiger partial charge >= 0.3 is 0 Å². The van der Waals surface area contributed by atoms with Gasteiger partial charge in [-0.15, -0.1) is 0 Å². The van der Waals surface area contributed by atoms with E-state index in [9.17, 15) is 13.5 Å². The van der Waals surface area contributed by atoms with Crippen LogP contribution in [0.2, 0.25) is 0 Å². The van der Waals surface area contributed by atoms with Crippen LogP contribution in [0.3, 0.4) is 0 Å². The monoisotopic (exact) mass is 311 g/mol. The SMILES string of the molecule is Cc1ccc(S(=O)(=O)N2CCC[C@H]3OC(O)CC[C@@H]32)cc1. The van der Waals surface area contributed by atoms with Crippen LogP contribution in [0.25, 0.3) is 0 Å². The lowest BCUT2D eigenvalue weighted by Crippen LogP contribution is -2.55. The average Bonchev–Trinajstić information content (AvgIpc) is 2.46. The van der Waals surface area contributed by atoms with E-state index in [4.69, 9.17) is 4.74 Å². The van der Waals surface area contributed by atoms with E-state index < -0.39 is 16.3 Å². The molecular formula is C15H21NO4S. The van der Waals surface area contributed by atoms with Gasteiger partial charge in [0.2, 0.25) is 10.0 Å². The Bertz CT molecular complexity index is 599. The van der Waals surface area contributed by atoms with Crippen molar-refractivity contribution in [1.82, 2.24) is 4.31 Å². The van der Waals surface area contributed by atoms with Crippen molar-refractivity contribution in [3.8, 4) is 0 Å². The molecule has 1 aromatic carbocycles. The van der Waals surface area contributed by atoms with Crippen molar-refractivity contribution >= 4 is 10.0 Å². The average molecular weight is 311 g/mol. The van der Waals surface area contributed by atoms with E-state index in [0.717, 1.165) is 18.4 Å². The first-order valence-corrected chi connectivity index (χ1v) is 8.84. The molecule has 0 radical (unpaired) electrons. The van der Waals surface area contributed by atoms with Crippen molar-refractivity contribution < 1.29 is 18.3 Å². The fourth-order valence-electron chi connectivity index (χ4n) is 3.21. The van der Waals surface area contributed by atoms with Crippen molar-refractivity contribution in [3.63, 3.8) is 0 Å². The number of nitrogens with zero attached hydrogens (tertiary/aromatic N) is 1. The molecule has 1 aromatic rings. The molecule has 3 rings (SSSR count). The summed E-state index contributed by atoms with van der Waals surface area (Å²) in [4.78, 5) is 0.333. The van der Waals surface area contributed by atoms with Crippen molar-refractivity contribution in [3.05, 3.63) is 29.8 Å². The molecule has 21 heavy (non-hydrogen) atoms. The van der Waals surface area contributed by atoms with Crippen LogP contribution in [-0.4, -0.2) is 42.8 Å². The van der Waals surface area contributed by atoms with E-state index in [0.29, 0.717) is 24.3 Å². The molecule has 2 fully saturated rings. The van der Waals surface area contributed by atoms with E-state index in [2.05, 4.69) is 0 Å². The number of aliphatic hydroxyl groups excluding tert-OH is 1. The van der Waals surface area contributed by atoms with Gasteiger partial charge in [-0.2, -0.15) is 4.31 Å². The smallest absolute Gasteiger partial charge is 0.243 e. The molecular weight excluding hydrogens is 290 g/mol. The highest BCUT2D eigenvalue weighted by atomic mass is 32.2. The summed E-state index contributed by atoms with van der Waals surface area (Å²) < 4.78 is 32.8. The third kappa shape index (κ3) is 2.85. The van der Waals surface area contributed by atoms with Crippen LogP contribution in [0.4, 0.5) is 0 Å². The minimum absolute atomic E-state index is 0.159. The lowest BCUT2D eigenvalue weighted by atomic mass is 9.94. The van der Waals surface area contributed by atoms with Gasteiger partial charge in [-0.05, 0) is 44.7 Å². The maximum absolute atomic E-state index is 12.8. The van der Waals surface area contributed by atoms with Crippen LogP contribution in [0, 0.1) is 6.92 Å². The number of hydrogen-bond donors (Lipinski definition) is 1. The predicted molar refractivity (Wildman–Crippen MR) is 78.2 cm³/mol. The highest BCUT2D eigenvalue weighted by Crippen LogP contribution is 2.33. The zero-order chi connectivity index (χ0) is 15.0. The Morgan fingerprint density at radius 2 is 1.90 bits per heavy atom. The normalized spacial score (nSPS) is 30.9. The first-order chi connectivity index (χ1) is 9.98. The summed E-state index contributed by atoms with van der Waals surface area (Å²) in [6.07, 6.45) is 1.76. The van der Waals surface area contributed by atoms with E-state index in [1.807, 2.05) is 19.1 Å². The van der Waals surface area contributed by atoms with Gasteiger partial charge in [-0.1, -0.05) is 17.7 Å². The van der Waals surface area contributed by atoms with Gasteiger partial charge in [0.25, 0.3) is 0 Å². The van der Waals surface area contributed by atoms with Gasteiger partial charge < -0.3 is 9.84 Å². The lowest BCUT2D eigenvalue weighted by molar-refractivity contribution is -0.189. The van der Waals surface area contributed by atoms with Crippen molar-refractivity contribution in [2.24, 2.45) is 0 Å². The third-order valence-corrected chi connectivity index (χ3v) is 6.27. The molecule has 1 unspecified atom stereocenters. The molecule has 2 saturated heterocycles. The number of rotatable bonds is 2. The van der Waals surface area contributed by atoms with Gasteiger partial charge in [0, 0.05) is 6.54 Å². The second kappa shape index (κ2) is 5.68. The van der Waals surface area contributed by atoms with E-state index >= 15 is 0 Å². The number of aliphatic hydroxyl groups is 1. The van der Waals surface area contributed by atoms with Gasteiger partial charge in [0.15, 0.2) is 6.29 Å². The Hall–Kier alpha value is -0.950. The Kier molecular flexibility index (Phi) is 4.05. The van der Waals surface area contributed by atoms with Crippen LogP contribution in [0.1, 0.15) is 31.2 Å². The summed E-state index contributed by atoms with van der Waals surface area (Å²) in [5.41, 5.74) is 1.04. The molecule has 6 heteroatoms. The molecule has 5 nitrogen and oxygen atoms in total. The molecule has 3 atom stereocenters. The molecule has 2 aliphatic heterocycles. The first kappa shape index (κ1) is 15.0. The molecule has 0 saturated carbocycles. The number of fused-ring (bicyclic) bond motifs is 1. The molecule has 0 bridgehead atoms. The lowest BCUT2D eigenvalue weighted by Gasteiger charge is -2.44. The number of aryl methyl sites for hydroxylation is 1. The minimum Gasteiger partial charge on any atom is -0.368 e. The number of piperidine rings is 1. The summed E-state index contributed by atoms with van der Waals surface area (Å²) >= 11 is 0. The number of benzene rings is 1. The molecule has 116 valence electrons. The fraction of sp³-hybridized carbons (Fsp3) is 0.600. The van der Waals surface area contributed by atoms with Gasteiger partial charge in [-0.25, -0.2) is 8.42 Å². The van der Waals surface area contributed by atoms with Crippen LogP contribution < -0.4 is 0 Å². The summed E-state index contributed by atoms with van der Waals surface area (Å²) in [5, 5.41) is 9.59. The molecule has 0 aromatic heterocycles. The van der Waals surface area contributed by atoms with Crippen molar-refractivity contribution in [2.75, 3.05) is 6.54 Å². The van der Waals surface area contributed by atoms with Crippen molar-refractivity contribution in [2.45, 2.75) is 55.9 Å². The summed E-state index contributed by atoms with van der Waals surface area (Å²) in [7, 11) is -3.49. The zero-order valence-electron chi connectivity index (χ0n) is 12.1. The number of sulfonamides is 1. The maximum Gasteiger partial charge on any atom is 0.243 e. The Balaban J connectivity index is 1.89. The second-order valence-corrected chi connectivity index (χ2v) is 7.74. The van der Waals surface area contributed by atoms with Crippen LogP contribution in [0.15, 0.2) is 29.2 Å². The van der Waals surface area contributed by atoms with E-state index in [1.165, 1.54) is 0 Å². The summed E-state index contributed by atoms with van der Waals surface area (Å²) in [5.74, 6) is 0. The minimum atomic E-state index is -3.49. The summed E-state index contributed by atoms with van der Waals surface area (Å²) in [6.45, 7) is 2.46. The maximum atomic E-state index is 12.8. The van der Waals surface area contributed by atoms with Crippen molar-refractivity contribution in [1.29, 1.82) is 0 Å². The number of hydrogen-bond acceptors (Lipinski definition) is 4. The largest absolute Gasteiger partial charge is 0.368 e. The van der Waals surface area contributed by atoms with Crippen LogP contribution in [-0.2, 0) is 14.8 Å².